The van der Waals surface area contributed by atoms with Crippen LogP contribution in [-0.2, 0) is 14.2 Å². The minimum atomic E-state index is 0.216. The second kappa shape index (κ2) is 12.9. The monoisotopic (exact) mass is 233 g/mol. The molecule has 1 atom stereocenters. The lowest BCUT2D eigenvalue weighted by atomic mass is 10.3. The van der Waals surface area contributed by atoms with Crippen LogP contribution in [0.2, 0.25) is 0 Å². The van der Waals surface area contributed by atoms with E-state index in [4.69, 9.17) is 19.9 Å². The van der Waals surface area contributed by atoms with Crippen LogP contribution in [0.25, 0.3) is 0 Å². The van der Waals surface area contributed by atoms with Crippen molar-refractivity contribution in [1.82, 2.24) is 0 Å². The molecule has 4 heteroatoms. The Kier molecular flexibility index (Phi) is 12.8. The predicted octanol–water partition coefficient (Wildman–Crippen LogP) is 1.57. The Labute approximate surface area is 99.4 Å². The average molecular weight is 233 g/mol. The third-order valence-corrected chi connectivity index (χ3v) is 2.10. The van der Waals surface area contributed by atoms with Crippen LogP contribution in [0.15, 0.2) is 0 Å². The molecular formula is C12H27NO3. The van der Waals surface area contributed by atoms with Gasteiger partial charge in [-0.2, -0.15) is 0 Å². The molecule has 16 heavy (non-hydrogen) atoms. The molecule has 0 bridgehead atoms. The van der Waals surface area contributed by atoms with Crippen LogP contribution in [0.4, 0.5) is 0 Å². The molecule has 0 spiro atoms. The molecule has 0 aromatic heterocycles. The van der Waals surface area contributed by atoms with Crippen molar-refractivity contribution in [3.05, 3.63) is 0 Å². The maximum Gasteiger partial charge on any atom is 0.0701 e. The van der Waals surface area contributed by atoms with Gasteiger partial charge in [0.25, 0.3) is 0 Å². The smallest absolute Gasteiger partial charge is 0.0701 e. The van der Waals surface area contributed by atoms with E-state index < -0.39 is 0 Å². The lowest BCUT2D eigenvalue weighted by Gasteiger charge is -2.07. The third-order valence-electron chi connectivity index (χ3n) is 2.10. The molecule has 0 aromatic rings. The van der Waals surface area contributed by atoms with E-state index in [1.807, 2.05) is 6.92 Å². The Morgan fingerprint density at radius 3 is 1.88 bits per heavy atom. The highest BCUT2D eigenvalue weighted by molar-refractivity contribution is 4.50. The molecule has 0 rings (SSSR count). The highest BCUT2D eigenvalue weighted by atomic mass is 16.5. The summed E-state index contributed by atoms with van der Waals surface area (Å²) in [6.45, 7) is 8.30. The highest BCUT2D eigenvalue weighted by Gasteiger charge is 1.94. The Morgan fingerprint density at radius 2 is 1.38 bits per heavy atom. The molecule has 0 fully saturated rings. The van der Waals surface area contributed by atoms with E-state index in [1.54, 1.807) is 0 Å². The quantitative estimate of drug-likeness (QED) is 0.520. The second-order valence-electron chi connectivity index (χ2n) is 3.96. The number of hydrogen-bond acceptors (Lipinski definition) is 4. The lowest BCUT2D eigenvalue weighted by molar-refractivity contribution is 0.0131. The zero-order chi connectivity index (χ0) is 12.1. The van der Waals surface area contributed by atoms with Crippen LogP contribution in [0.5, 0.6) is 0 Å². The highest BCUT2D eigenvalue weighted by Crippen LogP contribution is 1.89. The summed E-state index contributed by atoms with van der Waals surface area (Å²) in [5.41, 5.74) is 5.58. The number of ether oxygens (including phenoxy) is 3. The molecule has 0 saturated heterocycles. The normalized spacial score (nSPS) is 12.9. The summed E-state index contributed by atoms with van der Waals surface area (Å²) in [5, 5.41) is 0. The molecule has 98 valence electrons. The first-order chi connectivity index (χ1) is 7.77. The number of nitrogens with two attached hydrogens (primary N) is 1. The maximum atomic E-state index is 5.58. The van der Waals surface area contributed by atoms with Gasteiger partial charge in [-0.05, 0) is 19.8 Å². The molecule has 0 heterocycles. The van der Waals surface area contributed by atoms with E-state index in [0.29, 0.717) is 33.0 Å². The summed E-state index contributed by atoms with van der Waals surface area (Å²) in [6, 6.07) is 0.216. The van der Waals surface area contributed by atoms with Gasteiger partial charge >= 0.3 is 0 Å². The van der Waals surface area contributed by atoms with Crippen molar-refractivity contribution in [3.63, 3.8) is 0 Å². The van der Waals surface area contributed by atoms with E-state index >= 15 is 0 Å². The SMILES string of the molecule is CCCCOCCOCCOCCC(C)N. The van der Waals surface area contributed by atoms with Crippen LogP contribution >= 0.6 is 0 Å². The predicted molar refractivity (Wildman–Crippen MR) is 65.6 cm³/mol. The number of rotatable bonds is 12. The fraction of sp³-hybridized carbons (Fsp3) is 1.00. The first kappa shape index (κ1) is 15.8. The summed E-state index contributed by atoms with van der Waals surface area (Å²) in [6.07, 6.45) is 3.20. The van der Waals surface area contributed by atoms with Crippen LogP contribution in [0.3, 0.4) is 0 Å². The van der Waals surface area contributed by atoms with Crippen molar-refractivity contribution in [2.75, 3.05) is 39.6 Å². The minimum absolute atomic E-state index is 0.216. The standard InChI is InChI=1S/C12H27NO3/c1-3-4-6-14-8-10-16-11-9-15-7-5-12(2)13/h12H,3-11,13H2,1-2H3. The molecule has 0 radical (unpaired) electrons. The van der Waals surface area contributed by atoms with E-state index in [-0.39, 0.29) is 6.04 Å². The Hall–Kier alpha value is -0.160. The van der Waals surface area contributed by atoms with Gasteiger partial charge in [-0.3, -0.25) is 0 Å². The van der Waals surface area contributed by atoms with Crippen molar-refractivity contribution in [2.24, 2.45) is 5.73 Å². The maximum absolute atomic E-state index is 5.58. The zero-order valence-corrected chi connectivity index (χ0v) is 10.7. The van der Waals surface area contributed by atoms with Gasteiger partial charge in [0, 0.05) is 19.3 Å². The molecule has 1 unspecified atom stereocenters. The summed E-state index contributed by atoms with van der Waals surface area (Å²) >= 11 is 0. The summed E-state index contributed by atoms with van der Waals surface area (Å²) in [7, 11) is 0. The van der Waals surface area contributed by atoms with Crippen molar-refractivity contribution in [3.8, 4) is 0 Å². The number of hydrogen-bond donors (Lipinski definition) is 1. The molecular weight excluding hydrogens is 206 g/mol. The molecule has 4 nitrogen and oxygen atoms in total. The van der Waals surface area contributed by atoms with Gasteiger partial charge in [0.15, 0.2) is 0 Å². The molecule has 0 aliphatic rings. The van der Waals surface area contributed by atoms with Crippen molar-refractivity contribution >= 4 is 0 Å². The van der Waals surface area contributed by atoms with E-state index in [2.05, 4.69) is 6.92 Å². The molecule has 0 amide bonds. The fourth-order valence-corrected chi connectivity index (χ4v) is 1.06. The Bertz CT molecular complexity index is 131. The summed E-state index contributed by atoms with van der Waals surface area (Å²) < 4.78 is 16.0. The number of unbranched alkanes of at least 4 members (excludes halogenated alkanes) is 1. The van der Waals surface area contributed by atoms with Crippen molar-refractivity contribution < 1.29 is 14.2 Å². The van der Waals surface area contributed by atoms with Gasteiger partial charge in [0.1, 0.15) is 0 Å². The zero-order valence-electron chi connectivity index (χ0n) is 10.7. The second-order valence-corrected chi connectivity index (χ2v) is 3.96. The first-order valence-corrected chi connectivity index (χ1v) is 6.26. The van der Waals surface area contributed by atoms with E-state index in [9.17, 15) is 0 Å². The Morgan fingerprint density at radius 1 is 0.875 bits per heavy atom. The molecule has 2 N–H and O–H groups in total. The molecule has 0 saturated carbocycles. The van der Waals surface area contributed by atoms with Gasteiger partial charge in [-0.25, -0.2) is 0 Å². The minimum Gasteiger partial charge on any atom is -0.379 e. The largest absolute Gasteiger partial charge is 0.379 e. The van der Waals surface area contributed by atoms with Gasteiger partial charge in [0.05, 0.1) is 26.4 Å². The molecule has 0 aliphatic carbocycles. The van der Waals surface area contributed by atoms with Crippen LogP contribution < -0.4 is 5.73 Å². The van der Waals surface area contributed by atoms with Gasteiger partial charge < -0.3 is 19.9 Å². The van der Waals surface area contributed by atoms with E-state index in [1.165, 1.54) is 6.42 Å². The van der Waals surface area contributed by atoms with E-state index in [0.717, 1.165) is 19.4 Å². The van der Waals surface area contributed by atoms with Gasteiger partial charge in [-0.15, -0.1) is 0 Å². The fourth-order valence-electron chi connectivity index (χ4n) is 1.06. The van der Waals surface area contributed by atoms with Crippen LogP contribution in [0, 0.1) is 0 Å². The van der Waals surface area contributed by atoms with Crippen LogP contribution in [-0.4, -0.2) is 45.7 Å². The van der Waals surface area contributed by atoms with Crippen molar-refractivity contribution in [2.45, 2.75) is 39.2 Å². The molecule has 0 aromatic carbocycles. The topological polar surface area (TPSA) is 53.7 Å². The van der Waals surface area contributed by atoms with Gasteiger partial charge in [0.2, 0.25) is 0 Å². The third kappa shape index (κ3) is 13.8. The summed E-state index contributed by atoms with van der Waals surface area (Å²) in [4.78, 5) is 0. The van der Waals surface area contributed by atoms with Crippen molar-refractivity contribution in [1.29, 1.82) is 0 Å². The summed E-state index contributed by atoms with van der Waals surface area (Å²) in [5.74, 6) is 0. The van der Waals surface area contributed by atoms with Crippen LogP contribution in [0.1, 0.15) is 33.1 Å². The first-order valence-electron chi connectivity index (χ1n) is 6.26. The Balaban J connectivity index is 2.88. The molecule has 0 aliphatic heterocycles. The average Bonchev–Trinajstić information content (AvgIpc) is 2.25. The van der Waals surface area contributed by atoms with Gasteiger partial charge in [-0.1, -0.05) is 13.3 Å². The lowest BCUT2D eigenvalue weighted by Crippen LogP contribution is -2.18.